The molecule has 0 fully saturated rings. The van der Waals surface area contributed by atoms with Gasteiger partial charge in [0.1, 0.15) is 12.2 Å². The molecule has 1 N–H and O–H groups in total. The van der Waals surface area contributed by atoms with Crippen molar-refractivity contribution in [3.8, 4) is 0 Å². The second kappa shape index (κ2) is 4.62. The van der Waals surface area contributed by atoms with E-state index in [0.717, 1.165) is 11.6 Å². The Morgan fingerprint density at radius 2 is 2.31 bits per heavy atom. The molecule has 74 valence electrons. The number of thioether (sulfide) groups is 1. The summed E-state index contributed by atoms with van der Waals surface area (Å²) in [6, 6.07) is 0. The molecule has 1 rings (SSSR count). The van der Waals surface area contributed by atoms with Crippen molar-refractivity contribution in [3.05, 3.63) is 12.2 Å². The van der Waals surface area contributed by atoms with Crippen molar-refractivity contribution in [2.75, 3.05) is 0 Å². The summed E-state index contributed by atoms with van der Waals surface area (Å²) in [6.07, 6.45) is 1.27. The Morgan fingerprint density at radius 3 is 2.77 bits per heavy atom. The van der Waals surface area contributed by atoms with Gasteiger partial charge < -0.3 is 5.11 Å². The predicted molar refractivity (Wildman–Crippen MR) is 53.4 cm³/mol. The minimum Gasteiger partial charge on any atom is -0.392 e. The molecule has 5 heteroatoms. The molecule has 0 saturated heterocycles. The van der Waals surface area contributed by atoms with Crippen LogP contribution in [0.15, 0.2) is 6.33 Å². The lowest BCUT2D eigenvalue weighted by atomic mass is 10.3. The highest BCUT2D eigenvalue weighted by molar-refractivity contribution is 7.99. The zero-order valence-corrected chi connectivity index (χ0v) is 8.95. The Morgan fingerprint density at radius 1 is 1.62 bits per heavy atom. The Balaban J connectivity index is 2.39. The molecule has 0 aliphatic rings. The Bertz CT molecular complexity index is 262. The van der Waals surface area contributed by atoms with Gasteiger partial charge in [-0.15, -0.1) is 11.8 Å². The van der Waals surface area contributed by atoms with Gasteiger partial charge >= 0.3 is 0 Å². The molecular formula is C8H15N3OS. The van der Waals surface area contributed by atoms with Crippen molar-refractivity contribution >= 4 is 11.8 Å². The molecular weight excluding hydrogens is 186 g/mol. The summed E-state index contributed by atoms with van der Waals surface area (Å²) in [5.41, 5.74) is 0. The predicted octanol–water partition coefficient (Wildman–Crippen LogP) is 0.818. The first-order chi connectivity index (χ1) is 6.11. The molecule has 4 nitrogen and oxygen atoms in total. The van der Waals surface area contributed by atoms with Crippen LogP contribution in [0.25, 0.3) is 0 Å². The molecule has 0 bridgehead atoms. The summed E-state index contributed by atoms with van der Waals surface area (Å²) in [4.78, 5) is 4.10. The molecule has 0 radical (unpaired) electrons. The van der Waals surface area contributed by atoms with E-state index in [2.05, 4.69) is 10.1 Å². The third kappa shape index (κ3) is 3.00. The highest BCUT2D eigenvalue weighted by Crippen LogP contribution is 2.18. The van der Waals surface area contributed by atoms with Crippen LogP contribution in [0.5, 0.6) is 0 Å². The summed E-state index contributed by atoms with van der Waals surface area (Å²) in [5.74, 6) is 1.74. The van der Waals surface area contributed by atoms with E-state index >= 15 is 0 Å². The van der Waals surface area contributed by atoms with Gasteiger partial charge in [0.25, 0.3) is 0 Å². The van der Waals surface area contributed by atoms with E-state index in [1.165, 1.54) is 0 Å². The second-order valence-electron chi connectivity index (χ2n) is 3.06. The summed E-state index contributed by atoms with van der Waals surface area (Å²) in [6.45, 7) is 3.81. The molecule has 2 atom stereocenters. The zero-order valence-electron chi connectivity index (χ0n) is 8.14. The number of hydrogen-bond donors (Lipinski definition) is 1. The highest BCUT2D eigenvalue weighted by atomic mass is 32.2. The Labute approximate surface area is 82.4 Å². The molecule has 0 amide bonds. The number of aliphatic hydroxyl groups excluding tert-OH is 1. The van der Waals surface area contributed by atoms with Crippen molar-refractivity contribution < 1.29 is 5.11 Å². The lowest BCUT2D eigenvalue weighted by Crippen LogP contribution is -2.15. The number of aromatic nitrogens is 3. The number of aliphatic hydroxyl groups is 1. The Kier molecular flexibility index (Phi) is 3.74. The molecule has 1 aromatic rings. The molecule has 0 aliphatic heterocycles. The minimum absolute atomic E-state index is 0.233. The van der Waals surface area contributed by atoms with E-state index < -0.39 is 0 Å². The van der Waals surface area contributed by atoms with Crippen molar-refractivity contribution in [1.29, 1.82) is 0 Å². The number of hydrogen-bond acceptors (Lipinski definition) is 4. The Hall–Kier alpha value is -0.550. The second-order valence-corrected chi connectivity index (χ2v) is 4.42. The number of aryl methyl sites for hydroxylation is 1. The smallest absolute Gasteiger partial charge is 0.138 e. The van der Waals surface area contributed by atoms with Crippen LogP contribution >= 0.6 is 11.8 Å². The largest absolute Gasteiger partial charge is 0.392 e. The van der Waals surface area contributed by atoms with Gasteiger partial charge in [-0.2, -0.15) is 5.10 Å². The van der Waals surface area contributed by atoms with Crippen LogP contribution in [0.3, 0.4) is 0 Å². The third-order valence-corrected chi connectivity index (χ3v) is 3.30. The molecule has 2 unspecified atom stereocenters. The van der Waals surface area contributed by atoms with E-state index in [4.69, 9.17) is 0 Å². The van der Waals surface area contributed by atoms with Crippen LogP contribution in [0.2, 0.25) is 0 Å². The third-order valence-electron chi connectivity index (χ3n) is 1.96. The molecule has 1 aromatic heterocycles. The summed E-state index contributed by atoms with van der Waals surface area (Å²) >= 11 is 1.68. The van der Waals surface area contributed by atoms with Crippen molar-refractivity contribution in [2.45, 2.75) is 31.0 Å². The average Bonchev–Trinajstić information content (AvgIpc) is 2.47. The fraction of sp³-hybridized carbons (Fsp3) is 0.750. The van der Waals surface area contributed by atoms with E-state index in [1.807, 2.05) is 14.0 Å². The topological polar surface area (TPSA) is 50.9 Å². The van der Waals surface area contributed by atoms with E-state index in [1.54, 1.807) is 29.7 Å². The quantitative estimate of drug-likeness (QED) is 0.783. The highest BCUT2D eigenvalue weighted by Gasteiger charge is 2.10. The molecule has 0 aliphatic carbocycles. The fourth-order valence-corrected chi connectivity index (χ4v) is 1.75. The van der Waals surface area contributed by atoms with Gasteiger partial charge in [0.2, 0.25) is 0 Å². The van der Waals surface area contributed by atoms with Crippen LogP contribution in [0.1, 0.15) is 19.7 Å². The zero-order chi connectivity index (χ0) is 9.84. The normalized spacial score (nSPS) is 15.7. The first-order valence-electron chi connectivity index (χ1n) is 4.23. The molecule has 0 spiro atoms. The lowest BCUT2D eigenvalue weighted by Gasteiger charge is -2.13. The molecule has 13 heavy (non-hydrogen) atoms. The van der Waals surface area contributed by atoms with Crippen LogP contribution < -0.4 is 0 Å². The monoisotopic (exact) mass is 201 g/mol. The number of rotatable bonds is 4. The van der Waals surface area contributed by atoms with Crippen molar-refractivity contribution in [3.63, 3.8) is 0 Å². The minimum atomic E-state index is -0.279. The van der Waals surface area contributed by atoms with Gasteiger partial charge in [0, 0.05) is 12.3 Å². The molecule has 1 heterocycles. The van der Waals surface area contributed by atoms with Gasteiger partial charge in [-0.1, -0.05) is 6.92 Å². The maximum atomic E-state index is 9.26. The summed E-state index contributed by atoms with van der Waals surface area (Å²) in [5, 5.41) is 13.5. The maximum absolute atomic E-state index is 9.26. The summed E-state index contributed by atoms with van der Waals surface area (Å²) < 4.78 is 1.75. The van der Waals surface area contributed by atoms with Gasteiger partial charge in [-0.05, 0) is 6.92 Å². The maximum Gasteiger partial charge on any atom is 0.138 e. The average molecular weight is 201 g/mol. The lowest BCUT2D eigenvalue weighted by molar-refractivity contribution is 0.196. The SMILES string of the molecule is CC(O)C(C)SCc1ncnn1C. The fourth-order valence-electron chi connectivity index (χ4n) is 0.796. The van der Waals surface area contributed by atoms with Gasteiger partial charge in [-0.3, -0.25) is 4.68 Å². The van der Waals surface area contributed by atoms with Crippen LogP contribution in [-0.4, -0.2) is 31.2 Å². The van der Waals surface area contributed by atoms with Crippen molar-refractivity contribution in [1.82, 2.24) is 14.8 Å². The van der Waals surface area contributed by atoms with Crippen LogP contribution in [0.4, 0.5) is 0 Å². The molecule has 0 aromatic carbocycles. The van der Waals surface area contributed by atoms with E-state index in [9.17, 15) is 5.11 Å². The molecule has 0 saturated carbocycles. The van der Waals surface area contributed by atoms with Gasteiger partial charge in [0.05, 0.1) is 11.9 Å². The standard InChI is InChI=1S/C8H15N3OS/c1-6(12)7(2)13-4-8-9-5-10-11(8)3/h5-7,12H,4H2,1-3H3. The van der Waals surface area contributed by atoms with Crippen LogP contribution in [0, 0.1) is 0 Å². The van der Waals surface area contributed by atoms with Crippen LogP contribution in [-0.2, 0) is 12.8 Å². The first-order valence-corrected chi connectivity index (χ1v) is 5.28. The number of nitrogens with zero attached hydrogens (tertiary/aromatic N) is 3. The van der Waals surface area contributed by atoms with Crippen molar-refractivity contribution in [2.24, 2.45) is 7.05 Å². The first kappa shape index (κ1) is 10.5. The van der Waals surface area contributed by atoms with Gasteiger partial charge in [0.15, 0.2) is 0 Å². The summed E-state index contributed by atoms with van der Waals surface area (Å²) in [7, 11) is 1.87. The van der Waals surface area contributed by atoms with Gasteiger partial charge in [-0.25, -0.2) is 4.98 Å². The van der Waals surface area contributed by atoms with E-state index in [-0.39, 0.29) is 11.4 Å². The van der Waals surface area contributed by atoms with E-state index in [0.29, 0.717) is 0 Å².